The molecule has 0 aliphatic carbocycles. The molecule has 20 heavy (non-hydrogen) atoms. The van der Waals surface area contributed by atoms with Gasteiger partial charge in [0.15, 0.2) is 0 Å². The van der Waals surface area contributed by atoms with Crippen LogP contribution in [-0.4, -0.2) is 34.2 Å². The second-order valence-corrected chi connectivity index (χ2v) is 5.12. The lowest BCUT2D eigenvalue weighted by atomic mass is 10.3. The first-order valence-corrected chi connectivity index (χ1v) is 6.55. The fourth-order valence-corrected chi connectivity index (χ4v) is 2.42. The molecule has 108 valence electrons. The van der Waals surface area contributed by atoms with Crippen molar-refractivity contribution in [2.45, 2.75) is 20.0 Å². The quantitative estimate of drug-likeness (QED) is 0.852. The highest BCUT2D eigenvalue weighted by Gasteiger charge is 2.18. The minimum absolute atomic E-state index is 0.0975. The SMILES string of the molecule is Cc1cc(OC(F)F)c(C(=O)NCCc2ncn[nH]2)s1. The molecule has 2 aromatic heterocycles. The molecule has 0 radical (unpaired) electrons. The number of nitrogens with one attached hydrogen (secondary N) is 2. The van der Waals surface area contributed by atoms with E-state index >= 15 is 0 Å². The van der Waals surface area contributed by atoms with Crippen molar-refractivity contribution in [2.24, 2.45) is 0 Å². The number of ether oxygens (including phenoxy) is 1. The van der Waals surface area contributed by atoms with Gasteiger partial charge in [-0.15, -0.1) is 11.3 Å². The highest BCUT2D eigenvalue weighted by Crippen LogP contribution is 2.30. The fraction of sp³-hybridized carbons (Fsp3) is 0.364. The minimum atomic E-state index is -2.95. The van der Waals surface area contributed by atoms with Gasteiger partial charge >= 0.3 is 6.61 Å². The lowest BCUT2D eigenvalue weighted by Crippen LogP contribution is -2.25. The number of alkyl halides is 2. The number of halogens is 2. The number of rotatable bonds is 6. The van der Waals surface area contributed by atoms with Gasteiger partial charge in [-0.2, -0.15) is 13.9 Å². The Bertz CT molecular complexity index is 571. The van der Waals surface area contributed by atoms with Crippen LogP contribution >= 0.6 is 11.3 Å². The molecular weight excluding hydrogens is 290 g/mol. The van der Waals surface area contributed by atoms with Crippen LogP contribution in [0.3, 0.4) is 0 Å². The number of thiophene rings is 1. The Hall–Kier alpha value is -2.03. The van der Waals surface area contributed by atoms with Gasteiger partial charge in [-0.1, -0.05) is 0 Å². The summed E-state index contributed by atoms with van der Waals surface area (Å²) in [5, 5.41) is 8.96. The summed E-state index contributed by atoms with van der Waals surface area (Å²) in [4.78, 5) is 16.7. The molecule has 2 rings (SSSR count). The average molecular weight is 302 g/mol. The molecule has 0 aromatic carbocycles. The Morgan fingerprint density at radius 1 is 1.60 bits per heavy atom. The van der Waals surface area contributed by atoms with Crippen molar-refractivity contribution in [1.82, 2.24) is 20.5 Å². The van der Waals surface area contributed by atoms with E-state index in [0.717, 1.165) is 16.2 Å². The van der Waals surface area contributed by atoms with Gasteiger partial charge in [0.25, 0.3) is 5.91 Å². The van der Waals surface area contributed by atoms with Gasteiger partial charge in [0, 0.05) is 17.8 Å². The topological polar surface area (TPSA) is 79.9 Å². The summed E-state index contributed by atoms with van der Waals surface area (Å²) >= 11 is 1.11. The van der Waals surface area contributed by atoms with Crippen LogP contribution in [-0.2, 0) is 6.42 Å². The molecule has 0 atom stereocenters. The van der Waals surface area contributed by atoms with Crippen LogP contribution in [0.2, 0.25) is 0 Å². The lowest BCUT2D eigenvalue weighted by molar-refractivity contribution is -0.0498. The van der Waals surface area contributed by atoms with Crippen LogP contribution < -0.4 is 10.1 Å². The second kappa shape index (κ2) is 6.42. The van der Waals surface area contributed by atoms with E-state index in [0.29, 0.717) is 18.8 Å². The number of aromatic amines is 1. The molecule has 9 heteroatoms. The Morgan fingerprint density at radius 3 is 3.05 bits per heavy atom. The highest BCUT2D eigenvalue weighted by molar-refractivity contribution is 7.14. The van der Waals surface area contributed by atoms with Gasteiger partial charge in [0.05, 0.1) is 0 Å². The van der Waals surface area contributed by atoms with Gasteiger partial charge in [0.1, 0.15) is 22.8 Å². The van der Waals surface area contributed by atoms with E-state index in [4.69, 9.17) is 0 Å². The van der Waals surface area contributed by atoms with E-state index in [2.05, 4.69) is 25.2 Å². The molecule has 0 unspecified atom stereocenters. The summed E-state index contributed by atoms with van der Waals surface area (Å²) in [5.74, 6) is 0.0923. The number of H-pyrrole nitrogens is 1. The molecule has 0 saturated heterocycles. The van der Waals surface area contributed by atoms with E-state index < -0.39 is 12.5 Å². The largest absolute Gasteiger partial charge is 0.433 e. The van der Waals surface area contributed by atoms with Crippen LogP contribution in [0, 0.1) is 6.92 Å². The number of carbonyl (C=O) groups is 1. The first-order chi connectivity index (χ1) is 9.56. The number of hydrogen-bond acceptors (Lipinski definition) is 5. The lowest BCUT2D eigenvalue weighted by Gasteiger charge is -2.06. The summed E-state index contributed by atoms with van der Waals surface area (Å²) in [6.07, 6.45) is 1.84. The molecule has 0 spiro atoms. The maximum Gasteiger partial charge on any atom is 0.387 e. The van der Waals surface area contributed by atoms with Crippen LogP contribution in [0.4, 0.5) is 8.78 Å². The number of hydrogen-bond donors (Lipinski definition) is 2. The second-order valence-electron chi connectivity index (χ2n) is 3.87. The highest BCUT2D eigenvalue weighted by atomic mass is 32.1. The van der Waals surface area contributed by atoms with Crippen molar-refractivity contribution in [3.63, 3.8) is 0 Å². The normalized spacial score (nSPS) is 10.8. The van der Waals surface area contributed by atoms with E-state index in [9.17, 15) is 13.6 Å². The molecule has 2 N–H and O–H groups in total. The van der Waals surface area contributed by atoms with Crippen molar-refractivity contribution in [1.29, 1.82) is 0 Å². The monoisotopic (exact) mass is 302 g/mol. The fourth-order valence-electron chi connectivity index (χ4n) is 1.56. The summed E-state index contributed by atoms with van der Waals surface area (Å²) in [6, 6.07) is 1.42. The average Bonchev–Trinajstić information content (AvgIpc) is 2.98. The predicted octanol–water partition coefficient (Wildman–Crippen LogP) is 1.75. The van der Waals surface area contributed by atoms with E-state index in [1.54, 1.807) is 6.92 Å². The molecule has 0 bridgehead atoms. The molecule has 1 amide bonds. The Balaban J connectivity index is 1.94. The number of amides is 1. The number of aromatic nitrogens is 3. The van der Waals surface area contributed by atoms with Gasteiger partial charge in [0.2, 0.25) is 0 Å². The van der Waals surface area contributed by atoms with Gasteiger partial charge in [-0.3, -0.25) is 9.89 Å². The number of aryl methyl sites for hydroxylation is 1. The zero-order valence-corrected chi connectivity index (χ0v) is 11.3. The van der Waals surface area contributed by atoms with Crippen molar-refractivity contribution in [3.05, 3.63) is 28.0 Å². The maximum absolute atomic E-state index is 12.2. The van der Waals surface area contributed by atoms with E-state index in [1.165, 1.54) is 12.4 Å². The van der Waals surface area contributed by atoms with E-state index in [1.807, 2.05) is 0 Å². The molecule has 2 heterocycles. The molecular formula is C11H12F2N4O2S. The standard InChI is InChI=1S/C11H12F2N4O2S/c1-6-4-7(19-11(12)13)9(20-6)10(18)14-3-2-8-15-5-16-17-8/h4-5,11H,2-3H2,1H3,(H,14,18)(H,15,16,17). The third kappa shape index (κ3) is 3.73. The van der Waals surface area contributed by atoms with Crippen molar-refractivity contribution < 1.29 is 18.3 Å². The van der Waals surface area contributed by atoms with Gasteiger partial charge in [-0.25, -0.2) is 4.98 Å². The van der Waals surface area contributed by atoms with Crippen molar-refractivity contribution in [3.8, 4) is 5.75 Å². The third-order valence-electron chi connectivity index (χ3n) is 2.36. The van der Waals surface area contributed by atoms with Crippen LogP contribution in [0.5, 0.6) is 5.75 Å². The first kappa shape index (κ1) is 14.4. The van der Waals surface area contributed by atoms with Gasteiger partial charge < -0.3 is 10.1 Å². The Morgan fingerprint density at radius 2 is 2.40 bits per heavy atom. The molecule has 0 fully saturated rings. The zero-order valence-electron chi connectivity index (χ0n) is 10.5. The van der Waals surface area contributed by atoms with Crippen molar-refractivity contribution >= 4 is 17.2 Å². The van der Waals surface area contributed by atoms with Crippen LogP contribution in [0.15, 0.2) is 12.4 Å². The van der Waals surface area contributed by atoms with Crippen molar-refractivity contribution in [2.75, 3.05) is 6.54 Å². The van der Waals surface area contributed by atoms with Crippen LogP contribution in [0.25, 0.3) is 0 Å². The van der Waals surface area contributed by atoms with Crippen LogP contribution in [0.1, 0.15) is 20.4 Å². The van der Waals surface area contributed by atoms with E-state index in [-0.39, 0.29) is 10.6 Å². The summed E-state index contributed by atoms with van der Waals surface area (Å²) in [7, 11) is 0. The first-order valence-electron chi connectivity index (χ1n) is 5.74. The molecule has 0 aliphatic rings. The summed E-state index contributed by atoms with van der Waals surface area (Å²) in [6.45, 7) is -0.919. The Labute approximate surface area is 117 Å². The molecule has 0 aliphatic heterocycles. The third-order valence-corrected chi connectivity index (χ3v) is 3.39. The smallest absolute Gasteiger partial charge is 0.387 e. The van der Waals surface area contributed by atoms with Gasteiger partial charge in [-0.05, 0) is 13.0 Å². The number of nitrogens with zero attached hydrogens (tertiary/aromatic N) is 2. The molecule has 2 aromatic rings. The minimum Gasteiger partial charge on any atom is -0.433 e. The predicted molar refractivity (Wildman–Crippen MR) is 68.1 cm³/mol. The summed E-state index contributed by atoms with van der Waals surface area (Å²) in [5.41, 5.74) is 0. The maximum atomic E-state index is 12.2. The summed E-state index contributed by atoms with van der Waals surface area (Å²) < 4.78 is 28.8. The Kier molecular flexibility index (Phi) is 4.61. The number of carbonyl (C=O) groups excluding carboxylic acids is 1. The zero-order chi connectivity index (χ0) is 14.5. The molecule has 6 nitrogen and oxygen atoms in total. The molecule has 0 saturated carbocycles.